The third-order valence-corrected chi connectivity index (χ3v) is 13.6. The smallest absolute Gasteiger partial charge is 0.0772 e. The lowest BCUT2D eigenvalue weighted by Crippen LogP contribution is -2.03. The van der Waals surface area contributed by atoms with E-state index in [0.29, 0.717) is 0 Å². The second-order valence-electron chi connectivity index (χ2n) is 16.9. The van der Waals surface area contributed by atoms with Gasteiger partial charge in [0.15, 0.2) is 0 Å². The molecule has 5 heterocycles. The third-order valence-electron chi connectivity index (χ3n) is 13.6. The molecule has 0 fully saturated rings. The zero-order valence-electron chi connectivity index (χ0n) is 39.1. The molecule has 0 aliphatic carbocycles. The lowest BCUT2D eigenvalue weighted by Gasteiger charge is -2.15. The molecule has 0 saturated carbocycles. The quantitative estimate of drug-likeness (QED) is 0.123. The summed E-state index contributed by atoms with van der Waals surface area (Å²) in [7, 11) is 0. The minimum Gasteiger partial charge on any atom is -0.341 e. The molecule has 7 aromatic rings. The normalized spacial score (nSPS) is 12.6. The molecule has 322 valence electrons. The van der Waals surface area contributed by atoms with Gasteiger partial charge in [-0.25, -0.2) is 9.97 Å². The van der Waals surface area contributed by atoms with Crippen LogP contribution in [0.2, 0.25) is 0 Å². The molecule has 0 atom stereocenters. The van der Waals surface area contributed by atoms with E-state index >= 15 is 0 Å². The largest absolute Gasteiger partial charge is 0.341 e. The van der Waals surface area contributed by atoms with E-state index in [4.69, 9.17) is 9.97 Å². The molecular weight excluding hydrogens is 777 g/mol. The molecule has 0 saturated heterocycles. The van der Waals surface area contributed by atoms with Gasteiger partial charge in [-0.2, -0.15) is 0 Å². The van der Waals surface area contributed by atoms with Crippen molar-refractivity contribution in [3.8, 4) is 39.1 Å². The van der Waals surface area contributed by atoms with Gasteiger partial charge in [0.25, 0.3) is 0 Å². The molecule has 4 nitrogen and oxygen atoms in total. The summed E-state index contributed by atoms with van der Waals surface area (Å²) < 4.78 is 5.19. The molecule has 0 spiro atoms. The zero-order chi connectivity index (χ0) is 44.5. The number of hydrogen-bond donors (Lipinski definition) is 0. The number of nitrogens with zero attached hydrogens (tertiary/aromatic N) is 4. The van der Waals surface area contributed by atoms with Crippen LogP contribution in [0.25, 0.3) is 83.9 Å². The van der Waals surface area contributed by atoms with E-state index in [1.807, 2.05) is 0 Å². The van der Waals surface area contributed by atoms with Crippen LogP contribution in [0, 0.1) is 0 Å². The Morgan fingerprint density at radius 2 is 0.875 bits per heavy atom. The van der Waals surface area contributed by atoms with Crippen molar-refractivity contribution in [2.45, 2.75) is 107 Å². The summed E-state index contributed by atoms with van der Waals surface area (Å²) in [5, 5.41) is 0. The molecule has 9 rings (SSSR count). The van der Waals surface area contributed by atoms with Crippen LogP contribution in [0.3, 0.4) is 0 Å². The molecule has 4 heteroatoms. The number of para-hydroxylation sites is 1. The summed E-state index contributed by atoms with van der Waals surface area (Å²) in [6.07, 6.45) is 8.70. The SMILES string of the molecule is CCC1=Cc2cc3c(-c4ccccc4)c(-c4ccccc4)c(c(-c4ccccc4)c4nc(c(CC)c5c(CC)c(CC)c(c(CC)c1n2)n5CC)C(CC)=C4CC)n3-c1ccccc1. The van der Waals surface area contributed by atoms with Gasteiger partial charge in [-0.3, -0.25) is 0 Å². The molecule has 0 amide bonds. The van der Waals surface area contributed by atoms with Crippen molar-refractivity contribution in [1.82, 2.24) is 19.1 Å². The first-order chi connectivity index (χ1) is 31.5. The van der Waals surface area contributed by atoms with E-state index in [1.54, 1.807) is 0 Å². The predicted octanol–water partition coefficient (Wildman–Crippen LogP) is 16.2. The lowest BCUT2D eigenvalue weighted by molar-refractivity contribution is 0.809. The third kappa shape index (κ3) is 6.99. The van der Waals surface area contributed by atoms with Crippen LogP contribution in [-0.4, -0.2) is 19.1 Å². The Morgan fingerprint density at radius 1 is 0.406 bits per heavy atom. The maximum atomic E-state index is 6.08. The summed E-state index contributed by atoms with van der Waals surface area (Å²) in [6, 6.07) is 46.5. The van der Waals surface area contributed by atoms with Gasteiger partial charge < -0.3 is 9.13 Å². The predicted molar refractivity (Wildman–Crippen MR) is 275 cm³/mol. The number of rotatable bonds is 12. The van der Waals surface area contributed by atoms with Crippen LogP contribution in [-0.2, 0) is 32.2 Å². The average Bonchev–Trinajstić information content (AvgIpc) is 4.10. The maximum absolute atomic E-state index is 6.08. The first-order valence-electron chi connectivity index (χ1n) is 24.0. The number of aryl methyl sites for hydroxylation is 5. The molecule has 0 radical (unpaired) electrons. The molecule has 2 aliphatic rings. The lowest BCUT2D eigenvalue weighted by atomic mass is 9.90. The fourth-order valence-electron chi connectivity index (χ4n) is 10.9. The second kappa shape index (κ2) is 18.3. The van der Waals surface area contributed by atoms with Gasteiger partial charge in [-0.15, -0.1) is 0 Å². The minimum absolute atomic E-state index is 0.866. The van der Waals surface area contributed by atoms with E-state index in [-0.39, 0.29) is 0 Å². The Balaban J connectivity index is 1.72. The van der Waals surface area contributed by atoms with Crippen molar-refractivity contribution in [2.75, 3.05) is 0 Å². The van der Waals surface area contributed by atoms with Gasteiger partial charge in [-0.05, 0) is 121 Å². The van der Waals surface area contributed by atoms with Crippen LogP contribution in [0.4, 0.5) is 0 Å². The first-order valence-corrected chi connectivity index (χ1v) is 24.0. The van der Waals surface area contributed by atoms with Crippen molar-refractivity contribution < 1.29 is 0 Å². The summed E-state index contributed by atoms with van der Waals surface area (Å²) in [5.41, 5.74) is 26.9. The number of fused-ring (bicyclic) bond motifs is 8. The van der Waals surface area contributed by atoms with Crippen LogP contribution in [0.5, 0.6) is 0 Å². The highest BCUT2D eigenvalue weighted by atomic mass is 15.0. The topological polar surface area (TPSA) is 35.6 Å². The van der Waals surface area contributed by atoms with Crippen molar-refractivity contribution >= 4 is 44.9 Å². The summed E-state index contributed by atoms with van der Waals surface area (Å²) >= 11 is 0. The molecule has 2 aliphatic heterocycles. The summed E-state index contributed by atoms with van der Waals surface area (Å²) in [4.78, 5) is 11.8. The van der Waals surface area contributed by atoms with E-state index in [9.17, 15) is 0 Å². The van der Waals surface area contributed by atoms with Gasteiger partial charge in [0.1, 0.15) is 0 Å². The van der Waals surface area contributed by atoms with E-state index in [1.165, 1.54) is 61.1 Å². The van der Waals surface area contributed by atoms with Gasteiger partial charge in [0, 0.05) is 40.0 Å². The molecule has 3 aromatic heterocycles. The number of allylic oxidation sites excluding steroid dienone is 3. The standard InChI is InChI=1S/C60H62N4/c1-9-39-37-43-38-51-52(40-29-21-17-22-30-40)53(41-31-23-18-24-32-41)60(64(51)44-35-27-20-28-36-44)54(42-33-25-19-26-34-42)57-46(11-3)45(10-2)56(62-57)50(15-7)59-48(13-5)47(12-4)58(63(59)16-8)49(14-6)55(39)61-43/h17-38H,9-16H2,1-8H3. The van der Waals surface area contributed by atoms with Crippen LogP contribution >= 0.6 is 0 Å². The van der Waals surface area contributed by atoms with Crippen LogP contribution in [0.15, 0.2) is 127 Å². The number of hydrogen-bond acceptors (Lipinski definition) is 2. The number of benzene rings is 4. The second-order valence-corrected chi connectivity index (χ2v) is 16.9. The number of aromatic nitrogens is 4. The summed E-state index contributed by atoms with van der Waals surface area (Å²) in [5.74, 6) is 0. The first kappa shape index (κ1) is 42.8. The van der Waals surface area contributed by atoms with Gasteiger partial charge in [0.05, 0.1) is 44.8 Å². The van der Waals surface area contributed by atoms with Gasteiger partial charge in [0.2, 0.25) is 0 Å². The monoisotopic (exact) mass is 838 g/mol. The highest BCUT2D eigenvalue weighted by molar-refractivity contribution is 6.12. The molecule has 4 aromatic carbocycles. The molecular formula is C60H62N4. The Morgan fingerprint density at radius 3 is 1.36 bits per heavy atom. The average molecular weight is 839 g/mol. The Hall–Kier alpha value is -6.52. The Labute approximate surface area is 380 Å². The molecule has 64 heavy (non-hydrogen) atoms. The fraction of sp³-hybridized carbons (Fsp3) is 0.267. The van der Waals surface area contributed by atoms with E-state index < -0.39 is 0 Å². The molecule has 8 bridgehead atoms. The maximum Gasteiger partial charge on any atom is 0.0772 e. The fourth-order valence-corrected chi connectivity index (χ4v) is 10.9. The van der Waals surface area contributed by atoms with Crippen molar-refractivity contribution in [3.05, 3.63) is 172 Å². The molecule has 0 unspecified atom stereocenters. The van der Waals surface area contributed by atoms with E-state index in [0.717, 1.165) is 113 Å². The van der Waals surface area contributed by atoms with Crippen LogP contribution < -0.4 is 0 Å². The Kier molecular flexibility index (Phi) is 12.2. The Bertz CT molecular complexity index is 3090. The van der Waals surface area contributed by atoms with Crippen molar-refractivity contribution in [3.63, 3.8) is 0 Å². The summed E-state index contributed by atoms with van der Waals surface area (Å²) in [6.45, 7) is 19.5. The van der Waals surface area contributed by atoms with Gasteiger partial charge in [-0.1, -0.05) is 158 Å². The van der Waals surface area contributed by atoms with Crippen LogP contribution in [0.1, 0.15) is 120 Å². The zero-order valence-corrected chi connectivity index (χ0v) is 39.1. The highest BCUT2D eigenvalue weighted by Gasteiger charge is 2.31. The minimum atomic E-state index is 0.866. The molecule has 0 N–H and O–H groups in total. The van der Waals surface area contributed by atoms with Crippen molar-refractivity contribution in [1.29, 1.82) is 0 Å². The van der Waals surface area contributed by atoms with E-state index in [2.05, 4.69) is 198 Å². The van der Waals surface area contributed by atoms with Gasteiger partial charge >= 0.3 is 0 Å². The highest BCUT2D eigenvalue weighted by Crippen LogP contribution is 2.50. The van der Waals surface area contributed by atoms with Crippen molar-refractivity contribution in [2.24, 2.45) is 0 Å².